The van der Waals surface area contributed by atoms with Crippen LogP contribution in [0.3, 0.4) is 0 Å². The zero-order valence-corrected chi connectivity index (χ0v) is 14.8. The number of sulfonamides is 1. The van der Waals surface area contributed by atoms with E-state index in [-0.39, 0.29) is 12.3 Å². The molecule has 0 radical (unpaired) electrons. The first-order valence-electron chi connectivity index (χ1n) is 7.82. The molecule has 0 aliphatic carbocycles. The molecule has 0 aliphatic heterocycles. The fourth-order valence-electron chi connectivity index (χ4n) is 1.97. The van der Waals surface area contributed by atoms with Gasteiger partial charge in [-0.25, -0.2) is 13.1 Å². The van der Waals surface area contributed by atoms with Crippen molar-refractivity contribution >= 4 is 27.5 Å². The number of amides is 2. The van der Waals surface area contributed by atoms with Crippen LogP contribution in [0.1, 0.15) is 5.56 Å². The smallest absolute Gasteiger partial charge is 0.257 e. The average Bonchev–Trinajstić information content (AvgIpc) is 2.64. The zero-order valence-electron chi connectivity index (χ0n) is 13.9. The van der Waals surface area contributed by atoms with Gasteiger partial charge in [0.2, 0.25) is 15.9 Å². The molecule has 8 nitrogen and oxygen atoms in total. The summed E-state index contributed by atoms with van der Waals surface area (Å²) in [5, 5.41) is 2.34. The van der Waals surface area contributed by atoms with Crippen LogP contribution in [-0.4, -0.2) is 33.3 Å². The normalized spacial score (nSPS) is 10.8. The van der Waals surface area contributed by atoms with Crippen molar-refractivity contribution in [3.8, 4) is 0 Å². The van der Waals surface area contributed by atoms with E-state index < -0.39 is 28.4 Å². The van der Waals surface area contributed by atoms with Crippen LogP contribution in [0.2, 0.25) is 0 Å². The van der Waals surface area contributed by atoms with E-state index in [4.69, 9.17) is 0 Å². The number of hydrazine groups is 1. The number of carbonyl (C=O) groups excluding carboxylic acids is 2. The topological polar surface area (TPSA) is 116 Å². The number of hydrogen-bond acceptors (Lipinski definition) is 5. The van der Waals surface area contributed by atoms with Gasteiger partial charge in [-0.3, -0.25) is 20.4 Å². The summed E-state index contributed by atoms with van der Waals surface area (Å²) in [7, 11) is -3.64. The van der Waals surface area contributed by atoms with Gasteiger partial charge in [-0.2, -0.15) is 0 Å². The Bertz CT molecular complexity index is 826. The van der Waals surface area contributed by atoms with Gasteiger partial charge in [-0.15, -0.1) is 0 Å². The number of carbonyl (C=O) groups is 2. The molecular formula is C17H20N4O4S. The summed E-state index contributed by atoms with van der Waals surface area (Å²) in [6, 6.07) is 17.6. The summed E-state index contributed by atoms with van der Waals surface area (Å²) in [4.78, 5) is 23.3. The van der Waals surface area contributed by atoms with Crippen LogP contribution in [-0.2, 0) is 25.4 Å². The molecule has 0 atom stereocenters. The standard InChI is InChI=1S/C17H20N4O4S/c22-16(12-19-26(24,25)13-14-7-3-1-4-8-14)18-11-17(23)21-20-15-9-5-2-6-10-15/h1-10,19-20H,11-13H2,(H,18,22)(H,21,23). The first kappa shape index (κ1) is 19.4. The second-order valence-electron chi connectivity index (χ2n) is 5.38. The third-order valence-corrected chi connectivity index (χ3v) is 4.52. The predicted octanol–water partition coefficient (Wildman–Crippen LogP) is 0.366. The number of anilines is 1. The highest BCUT2D eigenvalue weighted by molar-refractivity contribution is 7.88. The molecule has 0 aromatic heterocycles. The Morgan fingerprint density at radius 1 is 0.808 bits per heavy atom. The Labute approximate surface area is 152 Å². The van der Waals surface area contributed by atoms with E-state index in [0.717, 1.165) is 0 Å². The molecule has 26 heavy (non-hydrogen) atoms. The molecule has 0 saturated heterocycles. The van der Waals surface area contributed by atoms with Gasteiger partial charge in [0.1, 0.15) is 0 Å². The van der Waals surface area contributed by atoms with E-state index in [2.05, 4.69) is 20.9 Å². The van der Waals surface area contributed by atoms with Gasteiger partial charge < -0.3 is 5.32 Å². The third-order valence-electron chi connectivity index (χ3n) is 3.22. The van der Waals surface area contributed by atoms with E-state index in [9.17, 15) is 18.0 Å². The molecular weight excluding hydrogens is 356 g/mol. The lowest BCUT2D eigenvalue weighted by molar-refractivity contribution is -0.125. The first-order chi connectivity index (χ1) is 12.4. The van der Waals surface area contributed by atoms with Gasteiger partial charge in [0.25, 0.3) is 5.91 Å². The van der Waals surface area contributed by atoms with E-state index in [1.807, 2.05) is 6.07 Å². The van der Waals surface area contributed by atoms with E-state index >= 15 is 0 Å². The van der Waals surface area contributed by atoms with E-state index in [1.54, 1.807) is 54.6 Å². The number of para-hydroxylation sites is 1. The van der Waals surface area contributed by atoms with Crippen LogP contribution in [0.25, 0.3) is 0 Å². The molecule has 0 fully saturated rings. The van der Waals surface area contributed by atoms with Gasteiger partial charge in [0, 0.05) is 0 Å². The maximum atomic E-state index is 11.9. The van der Waals surface area contributed by atoms with Gasteiger partial charge in [0.15, 0.2) is 0 Å². The van der Waals surface area contributed by atoms with Crippen molar-refractivity contribution in [2.24, 2.45) is 0 Å². The number of rotatable bonds is 9. The van der Waals surface area contributed by atoms with E-state index in [1.165, 1.54) is 0 Å². The SMILES string of the molecule is O=C(CNS(=O)(=O)Cc1ccccc1)NCC(=O)NNc1ccccc1. The average molecular weight is 376 g/mol. The molecule has 9 heteroatoms. The lowest BCUT2D eigenvalue weighted by Crippen LogP contribution is -2.43. The minimum Gasteiger partial charge on any atom is -0.346 e. The minimum atomic E-state index is -3.64. The monoisotopic (exact) mass is 376 g/mol. The fourth-order valence-corrected chi connectivity index (χ4v) is 3.05. The number of nitrogens with one attached hydrogen (secondary N) is 4. The van der Waals surface area contributed by atoms with Crippen molar-refractivity contribution in [2.75, 3.05) is 18.5 Å². The quantitative estimate of drug-likeness (QED) is 0.472. The summed E-state index contributed by atoms with van der Waals surface area (Å²) in [5.41, 5.74) is 6.42. The number of benzene rings is 2. The molecule has 0 bridgehead atoms. The molecule has 0 saturated carbocycles. The highest BCUT2D eigenvalue weighted by atomic mass is 32.2. The summed E-state index contributed by atoms with van der Waals surface area (Å²) >= 11 is 0. The minimum absolute atomic E-state index is 0.220. The van der Waals surface area contributed by atoms with Crippen molar-refractivity contribution in [2.45, 2.75) is 5.75 Å². The molecule has 2 aromatic carbocycles. The summed E-state index contributed by atoms with van der Waals surface area (Å²) in [5.74, 6) is -1.28. The highest BCUT2D eigenvalue weighted by Gasteiger charge is 2.13. The van der Waals surface area contributed by atoms with Gasteiger partial charge in [0.05, 0.1) is 24.5 Å². The second-order valence-corrected chi connectivity index (χ2v) is 7.19. The summed E-state index contributed by atoms with van der Waals surface area (Å²) in [6.07, 6.45) is 0. The van der Waals surface area contributed by atoms with E-state index in [0.29, 0.717) is 11.3 Å². The van der Waals surface area contributed by atoms with Crippen LogP contribution >= 0.6 is 0 Å². The molecule has 0 unspecified atom stereocenters. The molecule has 2 aromatic rings. The van der Waals surface area contributed by atoms with Gasteiger partial charge in [-0.05, 0) is 17.7 Å². The Morgan fingerprint density at radius 3 is 2.08 bits per heavy atom. The molecule has 0 spiro atoms. The molecule has 0 aliphatic rings. The van der Waals surface area contributed by atoms with Crippen molar-refractivity contribution in [3.63, 3.8) is 0 Å². The molecule has 0 heterocycles. The first-order valence-corrected chi connectivity index (χ1v) is 9.48. The van der Waals surface area contributed by atoms with Crippen molar-refractivity contribution in [1.82, 2.24) is 15.5 Å². The Balaban J connectivity index is 1.67. The Morgan fingerprint density at radius 2 is 1.42 bits per heavy atom. The van der Waals surface area contributed by atoms with Crippen molar-refractivity contribution in [3.05, 3.63) is 66.2 Å². The van der Waals surface area contributed by atoms with Crippen molar-refractivity contribution < 1.29 is 18.0 Å². The van der Waals surface area contributed by atoms with Crippen LogP contribution in [0.4, 0.5) is 5.69 Å². The lowest BCUT2D eigenvalue weighted by Gasteiger charge is -2.10. The third kappa shape index (κ3) is 7.32. The highest BCUT2D eigenvalue weighted by Crippen LogP contribution is 2.03. The van der Waals surface area contributed by atoms with Crippen molar-refractivity contribution in [1.29, 1.82) is 0 Å². The van der Waals surface area contributed by atoms with Crippen LogP contribution in [0.5, 0.6) is 0 Å². The second kappa shape index (κ2) is 9.54. The summed E-state index contributed by atoms with van der Waals surface area (Å²) < 4.78 is 26.0. The zero-order chi connectivity index (χ0) is 18.8. The number of hydrogen-bond donors (Lipinski definition) is 4. The fraction of sp³-hybridized carbons (Fsp3) is 0.176. The van der Waals surface area contributed by atoms with Crippen LogP contribution in [0.15, 0.2) is 60.7 Å². The predicted molar refractivity (Wildman–Crippen MR) is 98.3 cm³/mol. The molecule has 138 valence electrons. The molecule has 2 rings (SSSR count). The van der Waals surface area contributed by atoms with Crippen LogP contribution < -0.4 is 20.9 Å². The van der Waals surface area contributed by atoms with Gasteiger partial charge >= 0.3 is 0 Å². The molecule has 2 amide bonds. The maximum Gasteiger partial charge on any atom is 0.257 e. The lowest BCUT2D eigenvalue weighted by atomic mass is 10.2. The maximum absolute atomic E-state index is 11.9. The largest absolute Gasteiger partial charge is 0.346 e. The van der Waals surface area contributed by atoms with Crippen LogP contribution in [0, 0.1) is 0 Å². The van der Waals surface area contributed by atoms with Gasteiger partial charge in [-0.1, -0.05) is 48.5 Å². The molecule has 4 N–H and O–H groups in total. The Kier molecular flexibility index (Phi) is 7.12. The Hall–Kier alpha value is -2.91. The summed E-state index contributed by atoms with van der Waals surface area (Å²) in [6.45, 7) is -0.715.